The van der Waals surface area contributed by atoms with E-state index in [1.54, 1.807) is 0 Å². The lowest BCUT2D eigenvalue weighted by Gasteiger charge is -2.22. The summed E-state index contributed by atoms with van der Waals surface area (Å²) in [5.41, 5.74) is 0. The van der Waals surface area contributed by atoms with Crippen LogP contribution in [-0.2, 0) is 0 Å². The first-order valence-electron chi connectivity index (χ1n) is 1.82. The van der Waals surface area contributed by atoms with E-state index in [0.717, 1.165) is 0 Å². The Hall–Kier alpha value is 2.03. The maximum absolute atomic E-state index is 5.36. The number of hydrogen-bond donors (Lipinski definition) is 0. The Kier molecular flexibility index (Phi) is 4.60. The molecule has 0 rings (SSSR count). The molecule has 10 heavy (non-hydrogen) atoms. The topological polar surface area (TPSA) is 0 Å². The summed E-state index contributed by atoms with van der Waals surface area (Å²) < 4.78 is -3.71. The summed E-state index contributed by atoms with van der Waals surface area (Å²) in [5, 5.41) is -0.366. The molecule has 0 saturated heterocycles. The van der Waals surface area contributed by atoms with Crippen molar-refractivity contribution in [3.63, 3.8) is 0 Å². The Morgan fingerprint density at radius 2 is 0.900 bits per heavy atom. The van der Waals surface area contributed by atoms with Gasteiger partial charge in [-0.2, -0.15) is 0 Å². The lowest BCUT2D eigenvalue weighted by Crippen LogP contribution is -2.24. The molecule has 0 amide bonds. The van der Waals surface area contributed by atoms with E-state index in [1.807, 2.05) is 0 Å². The van der Waals surface area contributed by atoms with Gasteiger partial charge in [0.15, 0.2) is 5.38 Å². The summed E-state index contributed by atoms with van der Waals surface area (Å²) in [6.07, 6.45) is 0. The molecular formula is C3Cl7. The molecule has 0 nitrogen and oxygen atoms in total. The van der Waals surface area contributed by atoms with Crippen molar-refractivity contribution in [2.45, 2.75) is 7.59 Å². The summed E-state index contributed by atoms with van der Waals surface area (Å²) in [6.45, 7) is 0. The highest BCUT2D eigenvalue weighted by Gasteiger charge is 2.46. The highest BCUT2D eigenvalue weighted by molar-refractivity contribution is 6.79. The SMILES string of the molecule is Cl[C](C(Cl)(Cl)Cl)C(Cl)(Cl)Cl. The minimum atomic E-state index is -1.85. The quantitative estimate of drug-likeness (QED) is 0.575. The first-order chi connectivity index (χ1) is 4.15. The zero-order valence-corrected chi connectivity index (χ0v) is 9.44. The van der Waals surface area contributed by atoms with Gasteiger partial charge in [0.1, 0.15) is 0 Å². The van der Waals surface area contributed by atoms with Crippen LogP contribution in [-0.4, -0.2) is 7.59 Å². The fraction of sp³-hybridized carbons (Fsp3) is 0.667. The number of alkyl halides is 6. The van der Waals surface area contributed by atoms with Crippen LogP contribution in [0.5, 0.6) is 0 Å². The second-order valence-corrected chi connectivity index (χ2v) is 6.25. The standard InChI is InChI=1S/C3Cl7/c4-1(2(5,6)7)3(8,9)10. The maximum atomic E-state index is 5.36. The number of hydrogen-bond acceptors (Lipinski definition) is 0. The Morgan fingerprint density at radius 3 is 0.900 bits per heavy atom. The highest BCUT2D eigenvalue weighted by Crippen LogP contribution is 2.51. The summed E-state index contributed by atoms with van der Waals surface area (Å²) >= 11 is 37.0. The molecule has 0 aliphatic rings. The van der Waals surface area contributed by atoms with Gasteiger partial charge in [-0.15, -0.1) is 11.6 Å². The minimum Gasteiger partial charge on any atom is -0.108 e. The molecule has 0 spiro atoms. The average Bonchev–Trinajstić information content (AvgIpc) is 1.59. The van der Waals surface area contributed by atoms with E-state index >= 15 is 0 Å². The van der Waals surface area contributed by atoms with Crippen molar-refractivity contribution in [3.05, 3.63) is 5.38 Å². The Balaban J connectivity index is 4.23. The molecule has 7 heteroatoms. The molecule has 0 aromatic carbocycles. The highest BCUT2D eigenvalue weighted by atomic mass is 35.6. The Bertz CT molecular complexity index is 93.0. The zero-order valence-electron chi connectivity index (χ0n) is 4.15. The van der Waals surface area contributed by atoms with E-state index in [4.69, 9.17) is 81.2 Å². The third kappa shape index (κ3) is 4.15. The van der Waals surface area contributed by atoms with Crippen molar-refractivity contribution in [3.8, 4) is 0 Å². The van der Waals surface area contributed by atoms with Crippen LogP contribution >= 0.6 is 81.2 Å². The molecule has 0 saturated carbocycles. The zero-order chi connectivity index (χ0) is 8.58. The van der Waals surface area contributed by atoms with Crippen LogP contribution < -0.4 is 0 Å². The second-order valence-electron chi connectivity index (χ2n) is 1.31. The van der Waals surface area contributed by atoms with E-state index in [1.165, 1.54) is 0 Å². The molecule has 0 fully saturated rings. The molecule has 0 aliphatic heterocycles. The third-order valence-electron chi connectivity index (χ3n) is 0.498. The predicted octanol–water partition coefficient (Wildman–Crippen LogP) is 4.50. The molecule has 0 atom stereocenters. The molecule has 0 aromatic rings. The third-order valence-corrected chi connectivity index (χ3v) is 2.78. The van der Waals surface area contributed by atoms with Crippen LogP contribution in [0.2, 0.25) is 0 Å². The van der Waals surface area contributed by atoms with Gasteiger partial charge in [0.2, 0.25) is 7.59 Å². The van der Waals surface area contributed by atoms with Gasteiger partial charge in [-0.25, -0.2) is 0 Å². The van der Waals surface area contributed by atoms with Crippen molar-refractivity contribution in [2.75, 3.05) is 0 Å². The van der Waals surface area contributed by atoms with Gasteiger partial charge in [0.05, 0.1) is 0 Å². The van der Waals surface area contributed by atoms with Gasteiger partial charge in [0, 0.05) is 0 Å². The monoisotopic (exact) mass is 281 g/mol. The van der Waals surface area contributed by atoms with Crippen LogP contribution in [0.1, 0.15) is 0 Å². The van der Waals surface area contributed by atoms with Crippen LogP contribution in [0.15, 0.2) is 0 Å². The van der Waals surface area contributed by atoms with Gasteiger partial charge in [-0.1, -0.05) is 69.6 Å². The molecule has 0 unspecified atom stereocenters. The fourth-order valence-electron chi connectivity index (χ4n) is 0.161. The fourth-order valence-corrected chi connectivity index (χ4v) is 1.45. The van der Waals surface area contributed by atoms with Crippen LogP contribution in [0.3, 0.4) is 0 Å². The normalized spacial score (nSPS) is 14.4. The number of rotatable bonds is 0. The van der Waals surface area contributed by atoms with E-state index < -0.39 is 7.59 Å². The summed E-state index contributed by atoms with van der Waals surface area (Å²) in [5.74, 6) is 0. The van der Waals surface area contributed by atoms with Crippen molar-refractivity contribution in [2.24, 2.45) is 0 Å². The van der Waals surface area contributed by atoms with Gasteiger partial charge in [-0.05, 0) is 0 Å². The van der Waals surface area contributed by atoms with E-state index in [2.05, 4.69) is 0 Å². The lowest BCUT2D eigenvalue weighted by atomic mass is 10.5. The predicted molar refractivity (Wildman–Crippen MR) is 49.7 cm³/mol. The summed E-state index contributed by atoms with van der Waals surface area (Å²) in [4.78, 5) is 0. The van der Waals surface area contributed by atoms with Crippen molar-refractivity contribution in [1.29, 1.82) is 0 Å². The molecule has 0 aliphatic carbocycles. The molecule has 0 heterocycles. The molecule has 1 radical (unpaired) electrons. The van der Waals surface area contributed by atoms with Crippen molar-refractivity contribution in [1.82, 2.24) is 0 Å². The van der Waals surface area contributed by atoms with Gasteiger partial charge in [-0.3, -0.25) is 0 Å². The van der Waals surface area contributed by atoms with Crippen molar-refractivity contribution >= 4 is 81.2 Å². The summed E-state index contributed by atoms with van der Waals surface area (Å²) in [7, 11) is 0. The molecule has 0 aromatic heterocycles. The minimum absolute atomic E-state index is 0.366. The molecular weight excluding hydrogens is 284 g/mol. The van der Waals surface area contributed by atoms with Crippen LogP contribution in [0.4, 0.5) is 0 Å². The molecule has 61 valence electrons. The van der Waals surface area contributed by atoms with Gasteiger partial charge >= 0.3 is 0 Å². The lowest BCUT2D eigenvalue weighted by molar-refractivity contribution is 1.08. The Morgan fingerprint density at radius 1 is 0.700 bits per heavy atom. The van der Waals surface area contributed by atoms with E-state index in [9.17, 15) is 0 Å². The Labute approximate surface area is 93.6 Å². The first-order valence-corrected chi connectivity index (χ1v) is 4.47. The van der Waals surface area contributed by atoms with Crippen LogP contribution in [0, 0.1) is 5.38 Å². The average molecular weight is 284 g/mol. The smallest absolute Gasteiger partial charge is 0.108 e. The van der Waals surface area contributed by atoms with Crippen LogP contribution in [0.25, 0.3) is 0 Å². The molecule has 0 bridgehead atoms. The van der Waals surface area contributed by atoms with Gasteiger partial charge in [0.25, 0.3) is 0 Å². The first kappa shape index (κ1) is 12.0. The van der Waals surface area contributed by atoms with Gasteiger partial charge < -0.3 is 0 Å². The largest absolute Gasteiger partial charge is 0.215 e. The summed E-state index contributed by atoms with van der Waals surface area (Å²) in [6, 6.07) is 0. The van der Waals surface area contributed by atoms with E-state index in [-0.39, 0.29) is 5.38 Å². The maximum Gasteiger partial charge on any atom is 0.215 e. The van der Waals surface area contributed by atoms with E-state index in [0.29, 0.717) is 0 Å². The molecule has 0 N–H and O–H groups in total. The number of halogens is 7. The van der Waals surface area contributed by atoms with Crippen molar-refractivity contribution < 1.29 is 0 Å². The second kappa shape index (κ2) is 3.83.